The molecule has 0 aromatic heterocycles. The molecule has 3 rings (SSSR count). The minimum Gasteiger partial charge on any atom is -0.480 e. The maximum absolute atomic E-state index is 12.3. The van der Waals surface area contributed by atoms with Gasteiger partial charge in [0.05, 0.1) is 0 Å². The fourth-order valence-electron chi connectivity index (χ4n) is 2.69. The molecule has 3 nitrogen and oxygen atoms in total. The van der Waals surface area contributed by atoms with Crippen molar-refractivity contribution in [3.63, 3.8) is 0 Å². The molecule has 2 aromatic carbocycles. The van der Waals surface area contributed by atoms with Crippen molar-refractivity contribution in [2.45, 2.75) is 32.8 Å². The lowest BCUT2D eigenvalue weighted by Crippen LogP contribution is -2.32. The highest BCUT2D eigenvalue weighted by atomic mass is 16.5. The van der Waals surface area contributed by atoms with E-state index in [1.165, 1.54) is 5.56 Å². The molecule has 0 aliphatic carbocycles. The molecule has 0 spiro atoms. The van der Waals surface area contributed by atoms with Crippen molar-refractivity contribution in [1.82, 2.24) is 0 Å². The third kappa shape index (κ3) is 2.92. The van der Waals surface area contributed by atoms with Crippen LogP contribution in [0.25, 0.3) is 0 Å². The van der Waals surface area contributed by atoms with E-state index in [9.17, 15) is 4.79 Å². The highest BCUT2D eigenvalue weighted by Crippen LogP contribution is 2.26. The highest BCUT2D eigenvalue weighted by molar-refractivity contribution is 5.95. The third-order valence-corrected chi connectivity index (χ3v) is 3.84. The summed E-state index contributed by atoms with van der Waals surface area (Å²) in [6, 6.07) is 13.9. The van der Waals surface area contributed by atoms with Crippen LogP contribution >= 0.6 is 0 Å². The highest BCUT2D eigenvalue weighted by Gasteiger charge is 2.25. The van der Waals surface area contributed by atoms with Crippen LogP contribution in [-0.4, -0.2) is 12.0 Å². The Morgan fingerprint density at radius 2 is 1.95 bits per heavy atom. The molecule has 0 bridgehead atoms. The maximum atomic E-state index is 12.3. The topological polar surface area (TPSA) is 38.3 Å². The zero-order chi connectivity index (χ0) is 14.8. The minimum absolute atomic E-state index is 0.0695. The lowest BCUT2D eigenvalue weighted by atomic mass is 10.1. The van der Waals surface area contributed by atoms with Crippen LogP contribution in [0.15, 0.2) is 42.5 Å². The van der Waals surface area contributed by atoms with Gasteiger partial charge in [-0.15, -0.1) is 0 Å². The normalized spacial score (nSPS) is 17.6. The van der Waals surface area contributed by atoms with Gasteiger partial charge in [-0.1, -0.05) is 35.9 Å². The van der Waals surface area contributed by atoms with Crippen molar-refractivity contribution >= 4 is 11.6 Å². The molecule has 1 aliphatic heterocycles. The minimum atomic E-state index is -0.446. The molecule has 21 heavy (non-hydrogen) atoms. The first-order valence-corrected chi connectivity index (χ1v) is 7.26. The molecule has 1 heterocycles. The Morgan fingerprint density at radius 1 is 1.14 bits per heavy atom. The molecule has 108 valence electrons. The summed E-state index contributed by atoms with van der Waals surface area (Å²) in [7, 11) is 0. The van der Waals surface area contributed by atoms with Gasteiger partial charge >= 0.3 is 0 Å². The van der Waals surface area contributed by atoms with Crippen LogP contribution in [0.4, 0.5) is 5.69 Å². The molecule has 1 amide bonds. The molecule has 1 aliphatic rings. The van der Waals surface area contributed by atoms with Gasteiger partial charge in [-0.25, -0.2) is 0 Å². The van der Waals surface area contributed by atoms with Crippen LogP contribution < -0.4 is 10.1 Å². The van der Waals surface area contributed by atoms with Crippen molar-refractivity contribution in [1.29, 1.82) is 0 Å². The van der Waals surface area contributed by atoms with Crippen LogP contribution in [0, 0.1) is 13.8 Å². The second-order valence-corrected chi connectivity index (χ2v) is 5.56. The predicted octanol–water partition coefficient (Wildman–Crippen LogP) is 3.64. The number of carbonyl (C=O) groups excluding carboxylic acids is 1. The lowest BCUT2D eigenvalue weighted by molar-refractivity contribution is -0.122. The van der Waals surface area contributed by atoms with Gasteiger partial charge in [0.2, 0.25) is 0 Å². The number of aryl methyl sites for hydroxylation is 3. The first-order chi connectivity index (χ1) is 10.1. The van der Waals surface area contributed by atoms with Gasteiger partial charge in [0, 0.05) is 5.69 Å². The number of nitrogens with one attached hydrogen (secondary N) is 1. The van der Waals surface area contributed by atoms with Crippen LogP contribution in [0.2, 0.25) is 0 Å². The average Bonchev–Trinajstić information content (AvgIpc) is 2.61. The Kier molecular flexibility index (Phi) is 3.65. The van der Waals surface area contributed by atoms with Gasteiger partial charge in [-0.05, 0) is 49.9 Å². The van der Waals surface area contributed by atoms with Crippen LogP contribution in [0.5, 0.6) is 5.75 Å². The van der Waals surface area contributed by atoms with Crippen molar-refractivity contribution in [3.05, 3.63) is 59.2 Å². The van der Waals surface area contributed by atoms with E-state index in [1.54, 1.807) is 0 Å². The Bertz CT molecular complexity index is 679. The molecule has 0 radical (unpaired) electrons. The van der Waals surface area contributed by atoms with Crippen molar-refractivity contribution in [2.24, 2.45) is 0 Å². The van der Waals surface area contributed by atoms with E-state index in [2.05, 4.69) is 17.4 Å². The van der Waals surface area contributed by atoms with E-state index in [4.69, 9.17) is 4.74 Å². The summed E-state index contributed by atoms with van der Waals surface area (Å²) in [4.78, 5) is 12.3. The second-order valence-electron chi connectivity index (χ2n) is 5.56. The molecular formula is C18H19NO2. The van der Waals surface area contributed by atoms with Gasteiger partial charge in [0.25, 0.3) is 5.91 Å². The largest absolute Gasteiger partial charge is 0.480 e. The average molecular weight is 281 g/mol. The number of para-hydroxylation sites is 1. The quantitative estimate of drug-likeness (QED) is 0.912. The number of fused-ring (bicyclic) bond motifs is 1. The van der Waals surface area contributed by atoms with E-state index in [0.717, 1.165) is 29.0 Å². The number of hydrogen-bond acceptors (Lipinski definition) is 2. The summed E-state index contributed by atoms with van der Waals surface area (Å²) in [5, 5.41) is 2.96. The van der Waals surface area contributed by atoms with Gasteiger partial charge in [0.1, 0.15) is 5.75 Å². The molecule has 1 atom stereocenters. The van der Waals surface area contributed by atoms with Crippen LogP contribution in [0.1, 0.15) is 23.1 Å². The second kappa shape index (κ2) is 5.60. The van der Waals surface area contributed by atoms with Gasteiger partial charge in [0.15, 0.2) is 6.10 Å². The molecular weight excluding hydrogens is 262 g/mol. The fourth-order valence-corrected chi connectivity index (χ4v) is 2.69. The lowest BCUT2D eigenvalue weighted by Gasteiger charge is -2.17. The number of carbonyl (C=O) groups is 1. The summed E-state index contributed by atoms with van der Waals surface area (Å²) >= 11 is 0. The zero-order valence-electron chi connectivity index (χ0n) is 12.3. The SMILES string of the molecule is Cc1ccc(OC2CCc3ccccc3NC2=O)c(C)c1. The monoisotopic (exact) mass is 281 g/mol. The summed E-state index contributed by atoms with van der Waals surface area (Å²) in [5.74, 6) is 0.714. The van der Waals surface area contributed by atoms with E-state index in [-0.39, 0.29) is 5.91 Å². The molecule has 0 saturated heterocycles. The van der Waals surface area contributed by atoms with Crippen molar-refractivity contribution < 1.29 is 9.53 Å². The molecule has 1 unspecified atom stereocenters. The van der Waals surface area contributed by atoms with Crippen molar-refractivity contribution in [2.75, 3.05) is 5.32 Å². The van der Waals surface area contributed by atoms with E-state index >= 15 is 0 Å². The number of amides is 1. The Balaban J connectivity index is 1.80. The van der Waals surface area contributed by atoms with E-state index in [1.807, 2.05) is 44.2 Å². The summed E-state index contributed by atoms with van der Waals surface area (Å²) in [5.41, 5.74) is 4.31. The van der Waals surface area contributed by atoms with Crippen LogP contribution in [-0.2, 0) is 11.2 Å². The Morgan fingerprint density at radius 3 is 2.76 bits per heavy atom. The Labute approximate surface area is 124 Å². The number of hydrogen-bond donors (Lipinski definition) is 1. The number of ether oxygens (including phenoxy) is 1. The van der Waals surface area contributed by atoms with Gasteiger partial charge < -0.3 is 10.1 Å². The number of benzene rings is 2. The predicted molar refractivity (Wildman–Crippen MR) is 83.7 cm³/mol. The van der Waals surface area contributed by atoms with Gasteiger partial charge in [-0.2, -0.15) is 0 Å². The van der Waals surface area contributed by atoms with Crippen molar-refractivity contribution in [3.8, 4) is 5.75 Å². The first kappa shape index (κ1) is 13.7. The maximum Gasteiger partial charge on any atom is 0.265 e. The molecule has 1 N–H and O–H groups in total. The number of anilines is 1. The van der Waals surface area contributed by atoms with E-state index < -0.39 is 6.10 Å². The molecule has 2 aromatic rings. The summed E-state index contributed by atoms with van der Waals surface area (Å²) in [6.45, 7) is 4.05. The Hall–Kier alpha value is -2.29. The summed E-state index contributed by atoms with van der Waals surface area (Å²) in [6.07, 6.45) is 1.08. The third-order valence-electron chi connectivity index (χ3n) is 3.84. The smallest absolute Gasteiger partial charge is 0.265 e. The number of rotatable bonds is 2. The fraction of sp³-hybridized carbons (Fsp3) is 0.278. The molecule has 0 fully saturated rings. The first-order valence-electron chi connectivity index (χ1n) is 7.26. The molecule has 3 heteroatoms. The van der Waals surface area contributed by atoms with Crippen LogP contribution in [0.3, 0.4) is 0 Å². The van der Waals surface area contributed by atoms with E-state index in [0.29, 0.717) is 6.42 Å². The molecule has 0 saturated carbocycles. The summed E-state index contributed by atoms with van der Waals surface area (Å²) < 4.78 is 5.95. The standard InChI is InChI=1S/C18H19NO2/c1-12-7-9-16(13(2)11-12)21-17-10-8-14-5-3-4-6-15(14)19-18(17)20/h3-7,9,11,17H,8,10H2,1-2H3,(H,19,20). The van der Waals surface area contributed by atoms with Gasteiger partial charge in [-0.3, -0.25) is 4.79 Å². The zero-order valence-corrected chi connectivity index (χ0v) is 12.3.